The van der Waals surface area contributed by atoms with Gasteiger partial charge in [0.1, 0.15) is 6.61 Å². The minimum atomic E-state index is -6.62. The summed E-state index contributed by atoms with van der Waals surface area (Å²) < 4.78 is 102. The lowest BCUT2D eigenvalue weighted by molar-refractivity contribution is -0.168. The summed E-state index contributed by atoms with van der Waals surface area (Å²) in [6.07, 6.45) is -3.33. The lowest BCUT2D eigenvalue weighted by Gasteiger charge is -2.28. The molecule has 0 rings (SSSR count). The zero-order chi connectivity index (χ0) is 19.2. The lowest BCUT2D eigenvalue weighted by Crippen LogP contribution is -2.47. The SMILES string of the molecule is C=C(F)C(=O)OCCNC(=O)OCCC(F)(F)C(F)(F)S(=O)(=O)[O-]. The summed E-state index contributed by atoms with van der Waals surface area (Å²) >= 11 is 0. The first-order valence-corrected chi connectivity index (χ1v) is 7.26. The van der Waals surface area contributed by atoms with Crippen molar-refractivity contribution in [3.05, 3.63) is 12.4 Å². The number of rotatable bonds is 9. The minimum Gasteiger partial charge on any atom is -0.743 e. The van der Waals surface area contributed by atoms with Gasteiger partial charge in [-0.3, -0.25) is 0 Å². The summed E-state index contributed by atoms with van der Waals surface area (Å²) in [5.41, 5.74) is 0. The van der Waals surface area contributed by atoms with E-state index in [1.165, 1.54) is 0 Å². The zero-order valence-corrected chi connectivity index (χ0v) is 12.5. The highest BCUT2D eigenvalue weighted by Crippen LogP contribution is 2.40. The molecule has 24 heavy (non-hydrogen) atoms. The van der Waals surface area contributed by atoms with E-state index in [0.717, 1.165) is 0 Å². The molecule has 0 heterocycles. The van der Waals surface area contributed by atoms with E-state index in [-0.39, 0.29) is 0 Å². The van der Waals surface area contributed by atoms with Gasteiger partial charge >= 0.3 is 23.2 Å². The summed E-state index contributed by atoms with van der Waals surface area (Å²) in [5, 5.41) is -4.04. The van der Waals surface area contributed by atoms with E-state index in [9.17, 15) is 44.5 Å². The molecule has 0 radical (unpaired) electrons. The summed E-state index contributed by atoms with van der Waals surface area (Å²) in [4.78, 5) is 21.6. The van der Waals surface area contributed by atoms with Crippen LogP contribution in [0.2, 0.25) is 0 Å². The Labute approximate surface area is 132 Å². The fourth-order valence-corrected chi connectivity index (χ4v) is 1.49. The molecule has 0 unspecified atom stereocenters. The Balaban J connectivity index is 4.21. The molecular formula is C10H11F5NO7S-. The largest absolute Gasteiger partial charge is 0.743 e. The molecule has 0 aliphatic carbocycles. The Kier molecular flexibility index (Phi) is 7.56. The van der Waals surface area contributed by atoms with Gasteiger partial charge < -0.3 is 19.3 Å². The van der Waals surface area contributed by atoms with Crippen molar-refractivity contribution < 1.29 is 54.0 Å². The second kappa shape index (κ2) is 8.23. The number of carbonyl (C=O) groups is 2. The van der Waals surface area contributed by atoms with Gasteiger partial charge in [0.05, 0.1) is 19.6 Å². The van der Waals surface area contributed by atoms with E-state index in [4.69, 9.17) is 0 Å². The minimum absolute atomic E-state index is 0.431. The molecule has 1 N–H and O–H groups in total. The van der Waals surface area contributed by atoms with E-state index >= 15 is 0 Å². The first-order chi connectivity index (χ1) is 10.7. The van der Waals surface area contributed by atoms with Crippen LogP contribution in [-0.2, 0) is 24.4 Å². The van der Waals surface area contributed by atoms with Crippen molar-refractivity contribution in [3.8, 4) is 0 Å². The second-order valence-corrected chi connectivity index (χ2v) is 5.45. The fourth-order valence-electron chi connectivity index (χ4n) is 1.03. The smallest absolute Gasteiger partial charge is 0.407 e. The Morgan fingerprint density at radius 2 is 1.67 bits per heavy atom. The second-order valence-electron chi connectivity index (χ2n) is 4.03. The van der Waals surface area contributed by atoms with Crippen LogP contribution in [-0.4, -0.2) is 56.0 Å². The molecule has 0 spiro atoms. The molecule has 0 aromatic rings. The van der Waals surface area contributed by atoms with Gasteiger partial charge in [0.25, 0.3) is 0 Å². The highest BCUT2D eigenvalue weighted by Gasteiger charge is 2.61. The maximum atomic E-state index is 13.0. The average Bonchev–Trinajstić information content (AvgIpc) is 2.41. The Morgan fingerprint density at radius 3 is 2.12 bits per heavy atom. The molecule has 0 saturated heterocycles. The topological polar surface area (TPSA) is 122 Å². The van der Waals surface area contributed by atoms with Crippen molar-refractivity contribution in [2.45, 2.75) is 17.6 Å². The molecule has 0 aromatic carbocycles. The van der Waals surface area contributed by atoms with Crippen LogP contribution < -0.4 is 5.32 Å². The lowest BCUT2D eigenvalue weighted by atomic mass is 10.2. The first-order valence-electron chi connectivity index (χ1n) is 5.85. The van der Waals surface area contributed by atoms with Crippen LogP contribution in [0.5, 0.6) is 0 Å². The van der Waals surface area contributed by atoms with Crippen molar-refractivity contribution in [3.63, 3.8) is 0 Å². The number of alkyl carbamates (subject to hydrolysis) is 1. The molecule has 8 nitrogen and oxygen atoms in total. The monoisotopic (exact) mass is 384 g/mol. The van der Waals surface area contributed by atoms with Crippen LogP contribution in [0, 0.1) is 0 Å². The first kappa shape index (κ1) is 22.0. The Hall–Kier alpha value is -1.96. The van der Waals surface area contributed by atoms with E-state index in [0.29, 0.717) is 0 Å². The third kappa shape index (κ3) is 6.27. The predicted molar refractivity (Wildman–Crippen MR) is 64.8 cm³/mol. The Bertz CT molecular complexity index is 592. The molecule has 0 fully saturated rings. The maximum absolute atomic E-state index is 13.0. The normalized spacial score (nSPS) is 12.4. The van der Waals surface area contributed by atoms with Gasteiger partial charge in [-0.1, -0.05) is 6.58 Å². The van der Waals surface area contributed by atoms with Gasteiger partial charge in [0.15, 0.2) is 10.1 Å². The third-order valence-electron chi connectivity index (χ3n) is 2.22. The van der Waals surface area contributed by atoms with E-state index in [1.807, 2.05) is 5.32 Å². The molecule has 0 atom stereocenters. The molecule has 140 valence electrons. The van der Waals surface area contributed by atoms with Crippen molar-refractivity contribution >= 4 is 22.2 Å². The molecule has 0 saturated carbocycles. The van der Waals surface area contributed by atoms with Gasteiger partial charge in [0.2, 0.25) is 5.83 Å². The molecule has 0 aliphatic rings. The van der Waals surface area contributed by atoms with Crippen molar-refractivity contribution in [2.75, 3.05) is 19.8 Å². The van der Waals surface area contributed by atoms with Crippen molar-refractivity contribution in [2.24, 2.45) is 0 Å². The van der Waals surface area contributed by atoms with E-state index in [1.54, 1.807) is 0 Å². The number of halogens is 5. The molecular weight excluding hydrogens is 373 g/mol. The number of ether oxygens (including phenoxy) is 2. The van der Waals surface area contributed by atoms with Gasteiger partial charge in [-0.05, 0) is 0 Å². The van der Waals surface area contributed by atoms with Crippen molar-refractivity contribution in [1.82, 2.24) is 5.32 Å². The number of hydrogen-bond donors (Lipinski definition) is 1. The quantitative estimate of drug-likeness (QED) is 0.206. The van der Waals surface area contributed by atoms with Gasteiger partial charge in [-0.25, -0.2) is 18.0 Å². The fraction of sp³-hybridized carbons (Fsp3) is 0.600. The van der Waals surface area contributed by atoms with E-state index < -0.39 is 65.4 Å². The molecule has 14 heteroatoms. The van der Waals surface area contributed by atoms with Crippen LogP contribution in [0.15, 0.2) is 12.4 Å². The highest BCUT2D eigenvalue weighted by molar-refractivity contribution is 7.86. The highest BCUT2D eigenvalue weighted by atomic mass is 32.2. The van der Waals surface area contributed by atoms with Gasteiger partial charge in [-0.2, -0.15) is 22.0 Å². The summed E-state index contributed by atoms with van der Waals surface area (Å²) in [5.74, 6) is -8.05. The number of carbonyl (C=O) groups excluding carboxylic acids is 2. The molecule has 0 aromatic heterocycles. The summed E-state index contributed by atoms with van der Waals surface area (Å²) in [6.45, 7) is 0.317. The molecule has 1 amide bonds. The number of nitrogens with one attached hydrogen (secondary N) is 1. The van der Waals surface area contributed by atoms with Crippen LogP contribution in [0.25, 0.3) is 0 Å². The van der Waals surface area contributed by atoms with Gasteiger partial charge in [0, 0.05) is 0 Å². The van der Waals surface area contributed by atoms with Crippen LogP contribution in [0.1, 0.15) is 6.42 Å². The van der Waals surface area contributed by atoms with Gasteiger partial charge in [-0.15, -0.1) is 0 Å². The maximum Gasteiger partial charge on any atom is 0.407 e. The molecule has 0 aliphatic heterocycles. The average molecular weight is 384 g/mol. The predicted octanol–water partition coefficient (Wildman–Crippen LogP) is 0.902. The number of alkyl halides is 4. The summed E-state index contributed by atoms with van der Waals surface area (Å²) in [6, 6.07) is 0. The van der Waals surface area contributed by atoms with Crippen LogP contribution >= 0.6 is 0 Å². The van der Waals surface area contributed by atoms with E-state index in [2.05, 4.69) is 16.1 Å². The zero-order valence-electron chi connectivity index (χ0n) is 11.7. The molecule has 0 bridgehead atoms. The number of amides is 1. The standard InChI is InChI=1S/C10H12F5NO7S/c1-6(11)7(17)22-5-3-16-8(18)23-4-2-9(12,13)10(14,15)24(19,20)21/h1-5H2,(H,16,18)(H,19,20,21)/p-1. The van der Waals surface area contributed by atoms with Crippen LogP contribution in [0.3, 0.4) is 0 Å². The Morgan fingerprint density at radius 1 is 1.12 bits per heavy atom. The van der Waals surface area contributed by atoms with Crippen LogP contribution in [0.4, 0.5) is 26.7 Å². The van der Waals surface area contributed by atoms with Crippen molar-refractivity contribution in [1.29, 1.82) is 0 Å². The number of hydrogen-bond acceptors (Lipinski definition) is 7. The number of esters is 1. The third-order valence-corrected chi connectivity index (χ3v) is 3.14. The summed E-state index contributed by atoms with van der Waals surface area (Å²) in [7, 11) is -6.62.